The number of amides is 4. The first-order valence-corrected chi connectivity index (χ1v) is 25.5. The van der Waals surface area contributed by atoms with E-state index in [2.05, 4.69) is 88.3 Å². The summed E-state index contributed by atoms with van der Waals surface area (Å²) in [6, 6.07) is 19.0. The molecule has 2 aromatic heterocycles. The lowest BCUT2D eigenvalue weighted by molar-refractivity contribution is -0.140. The molecular formula is C47H60N8O6Si. The Bertz CT molecular complexity index is 2480. The highest BCUT2D eigenvalue weighted by molar-refractivity contribution is 6.77. The molecule has 3 aromatic carbocycles. The third kappa shape index (κ3) is 8.36. The second kappa shape index (κ2) is 17.3. The van der Waals surface area contributed by atoms with Crippen molar-refractivity contribution in [3.05, 3.63) is 72.4 Å². The van der Waals surface area contributed by atoms with Crippen molar-refractivity contribution in [2.24, 2.45) is 17.8 Å². The smallest absolute Gasteiger partial charge is 0.407 e. The summed E-state index contributed by atoms with van der Waals surface area (Å²) in [5.74, 6) is 0.763. The van der Waals surface area contributed by atoms with Crippen LogP contribution in [0.1, 0.15) is 77.1 Å². The van der Waals surface area contributed by atoms with Gasteiger partial charge in [-0.25, -0.2) is 14.8 Å². The molecule has 2 saturated heterocycles. The van der Waals surface area contributed by atoms with Gasteiger partial charge in [0.25, 0.3) is 0 Å². The number of aliphatic hydroxyl groups is 1. The van der Waals surface area contributed by atoms with E-state index in [1.807, 2.05) is 43.7 Å². The summed E-state index contributed by atoms with van der Waals surface area (Å²) >= 11 is 0. The minimum absolute atomic E-state index is 0.0904. The highest BCUT2D eigenvalue weighted by Gasteiger charge is 2.49. The Morgan fingerprint density at radius 2 is 1.60 bits per heavy atom. The van der Waals surface area contributed by atoms with Crippen molar-refractivity contribution in [2.75, 3.05) is 20.3 Å². The van der Waals surface area contributed by atoms with Crippen molar-refractivity contribution >= 4 is 53.7 Å². The van der Waals surface area contributed by atoms with Crippen LogP contribution in [0.15, 0.2) is 60.8 Å². The molecule has 6 atom stereocenters. The van der Waals surface area contributed by atoms with E-state index in [9.17, 15) is 24.3 Å². The number of fused-ring (bicyclic) bond motifs is 5. The van der Waals surface area contributed by atoms with E-state index in [-0.39, 0.29) is 41.8 Å². The predicted molar refractivity (Wildman–Crippen MR) is 242 cm³/mol. The number of nitrogens with zero attached hydrogens (tertiary/aromatic N) is 4. The number of aromatic nitrogens is 4. The van der Waals surface area contributed by atoms with Crippen molar-refractivity contribution in [1.82, 2.24) is 40.4 Å². The van der Waals surface area contributed by atoms with Crippen LogP contribution in [0, 0.1) is 17.8 Å². The SMILES string of the molecule is COC(=O)NC(C(=O)N1C2CCCC(C2)C1c1ncc(-c2ccc(-c3ccc4c(ccc5[nH]c([C@@H]6C[Si](C)(C)CCN6C(=O)C(NC(=O)CO)C(C)C)nc54)c3)cc2)[nH]1)C(C)C. The van der Waals surface area contributed by atoms with Gasteiger partial charge >= 0.3 is 6.09 Å². The number of rotatable bonds is 11. The first kappa shape index (κ1) is 43.1. The first-order valence-electron chi connectivity index (χ1n) is 22.1. The van der Waals surface area contributed by atoms with Gasteiger partial charge in [-0.1, -0.05) is 89.7 Å². The molecule has 1 saturated carbocycles. The van der Waals surface area contributed by atoms with Gasteiger partial charge in [0.1, 0.15) is 30.3 Å². The number of alkyl carbamates (subject to hydrolysis) is 1. The van der Waals surface area contributed by atoms with E-state index in [4.69, 9.17) is 14.7 Å². The average Bonchev–Trinajstić information content (AvgIpc) is 3.99. The molecule has 8 rings (SSSR count). The molecule has 3 fully saturated rings. The normalized spacial score (nSPS) is 22.0. The van der Waals surface area contributed by atoms with E-state index in [1.165, 1.54) is 7.11 Å². The van der Waals surface area contributed by atoms with Crippen LogP contribution in [0.3, 0.4) is 0 Å². The molecule has 328 valence electrons. The quantitative estimate of drug-likeness (QED) is 0.0856. The molecule has 3 aliphatic rings. The van der Waals surface area contributed by atoms with Crippen molar-refractivity contribution in [1.29, 1.82) is 0 Å². The molecule has 14 nitrogen and oxygen atoms in total. The maximum atomic E-state index is 14.1. The van der Waals surface area contributed by atoms with Crippen molar-refractivity contribution < 1.29 is 29.0 Å². The number of methoxy groups -OCH3 is 1. The average molecular weight is 861 g/mol. The van der Waals surface area contributed by atoms with E-state index in [0.717, 1.165) is 93.6 Å². The van der Waals surface area contributed by atoms with Gasteiger partial charge in [0.2, 0.25) is 17.7 Å². The fourth-order valence-corrected chi connectivity index (χ4v) is 12.6. The highest BCUT2D eigenvalue weighted by atomic mass is 28.3. The molecule has 4 amide bonds. The number of imidazole rings is 2. The summed E-state index contributed by atoms with van der Waals surface area (Å²) in [6.45, 7) is 12.3. The standard InChI is InChI=1S/C47H60N8O6Si/c1-26(2)39(51-38(57)24-56)45(58)54-19-20-62(6,7)25-37(54)43-49-35-18-16-31-21-30(15-17-34(31)41(35)52-43)28-11-13-29(14-12-28)36-23-48-44(50-36)42-32-9-8-10-33(22-32)55(42)46(59)40(27(3)4)53-47(60)61-5/h11-18,21,23,26-27,32-33,37,39-40,42,56H,8-10,19-20,22,24-25H2,1-7H3,(H,48,50)(H,49,52)(H,51,57)(H,53,60)/t32?,33?,37-,39?,40?,42?/m0/s1. The van der Waals surface area contributed by atoms with Crippen LogP contribution < -0.4 is 10.6 Å². The third-order valence-electron chi connectivity index (χ3n) is 13.5. The van der Waals surface area contributed by atoms with Gasteiger partial charge in [-0.15, -0.1) is 0 Å². The zero-order valence-electron chi connectivity index (χ0n) is 36.8. The van der Waals surface area contributed by atoms with E-state index >= 15 is 0 Å². The van der Waals surface area contributed by atoms with Crippen LogP contribution in [-0.4, -0.2) is 105 Å². The minimum atomic E-state index is -1.64. The lowest BCUT2D eigenvalue weighted by Crippen LogP contribution is -2.56. The number of aromatic amines is 2. The first-order chi connectivity index (χ1) is 29.7. The van der Waals surface area contributed by atoms with Crippen LogP contribution in [-0.2, 0) is 19.1 Å². The molecule has 62 heavy (non-hydrogen) atoms. The number of H-pyrrole nitrogens is 2. The molecule has 1 aliphatic carbocycles. The molecule has 4 heterocycles. The fraction of sp³-hybridized carbons (Fsp3) is 0.489. The second-order valence-corrected chi connectivity index (χ2v) is 24.3. The maximum Gasteiger partial charge on any atom is 0.407 e. The third-order valence-corrected chi connectivity index (χ3v) is 16.6. The number of aliphatic hydroxyl groups excluding tert-OH is 1. The van der Waals surface area contributed by atoms with Gasteiger partial charge < -0.3 is 40.2 Å². The van der Waals surface area contributed by atoms with Crippen LogP contribution in [0.4, 0.5) is 4.79 Å². The van der Waals surface area contributed by atoms with Gasteiger partial charge in [-0.05, 0) is 83.3 Å². The Hall–Kier alpha value is -5.54. The van der Waals surface area contributed by atoms with Crippen molar-refractivity contribution in [3.63, 3.8) is 0 Å². The number of carbonyl (C=O) groups excluding carboxylic acids is 4. The minimum Gasteiger partial charge on any atom is -0.453 e. The highest BCUT2D eigenvalue weighted by Crippen LogP contribution is 2.48. The lowest BCUT2D eigenvalue weighted by Gasteiger charge is -2.43. The Morgan fingerprint density at radius 3 is 2.31 bits per heavy atom. The monoisotopic (exact) mass is 860 g/mol. The molecule has 0 radical (unpaired) electrons. The predicted octanol–water partition coefficient (Wildman–Crippen LogP) is 7.32. The summed E-state index contributed by atoms with van der Waals surface area (Å²) in [6.07, 6.45) is 5.19. The topological polar surface area (TPSA) is 186 Å². The van der Waals surface area contributed by atoms with Gasteiger partial charge in [0.15, 0.2) is 0 Å². The number of likely N-dealkylation sites (tertiary alicyclic amines) is 1. The van der Waals surface area contributed by atoms with E-state index in [1.54, 1.807) is 0 Å². The van der Waals surface area contributed by atoms with Crippen molar-refractivity contribution in [3.8, 4) is 22.4 Å². The number of ether oxygens (including phenoxy) is 1. The van der Waals surface area contributed by atoms with Gasteiger partial charge in [-0.3, -0.25) is 14.4 Å². The summed E-state index contributed by atoms with van der Waals surface area (Å²) in [5, 5.41) is 17.0. The van der Waals surface area contributed by atoms with Crippen LogP contribution in [0.2, 0.25) is 25.2 Å². The lowest BCUT2D eigenvalue weighted by atomic mass is 9.87. The number of nitrogens with one attached hydrogen (secondary N) is 4. The summed E-state index contributed by atoms with van der Waals surface area (Å²) < 4.78 is 4.85. The Kier molecular flexibility index (Phi) is 12.0. The zero-order chi connectivity index (χ0) is 44.0. The number of hydrogen-bond donors (Lipinski definition) is 5. The molecule has 2 bridgehead atoms. The van der Waals surface area contributed by atoms with Crippen molar-refractivity contribution in [2.45, 2.75) is 109 Å². The second-order valence-electron chi connectivity index (χ2n) is 19.0. The van der Waals surface area contributed by atoms with Crippen LogP contribution >= 0.6 is 0 Å². The molecule has 5 N–H and O–H groups in total. The zero-order valence-corrected chi connectivity index (χ0v) is 37.8. The molecule has 2 aliphatic heterocycles. The Morgan fingerprint density at radius 1 is 0.887 bits per heavy atom. The summed E-state index contributed by atoms with van der Waals surface area (Å²) in [4.78, 5) is 73.6. The molecule has 15 heteroatoms. The summed E-state index contributed by atoms with van der Waals surface area (Å²) in [7, 11) is -0.334. The molecule has 5 aromatic rings. The van der Waals surface area contributed by atoms with Crippen LogP contribution in [0.25, 0.3) is 44.2 Å². The number of hydrogen-bond acceptors (Lipinski definition) is 8. The fourth-order valence-electron chi connectivity index (χ4n) is 10.1. The largest absolute Gasteiger partial charge is 0.453 e. The van der Waals surface area contributed by atoms with Gasteiger partial charge in [0.05, 0.1) is 50.2 Å². The molecule has 0 spiro atoms. The number of benzene rings is 3. The van der Waals surface area contributed by atoms with Gasteiger partial charge in [-0.2, -0.15) is 0 Å². The molecular weight excluding hydrogens is 801 g/mol. The molecule has 5 unspecified atom stereocenters. The van der Waals surface area contributed by atoms with E-state index < -0.39 is 38.8 Å². The Labute approximate surface area is 363 Å². The number of carbonyl (C=O) groups is 4. The summed E-state index contributed by atoms with van der Waals surface area (Å²) in [5.41, 5.74) is 5.75. The maximum absolute atomic E-state index is 14.1. The van der Waals surface area contributed by atoms with Crippen LogP contribution in [0.5, 0.6) is 0 Å². The van der Waals surface area contributed by atoms with Gasteiger partial charge in [0, 0.05) is 18.0 Å². The Balaban J connectivity index is 1.03. The van der Waals surface area contributed by atoms with E-state index in [0.29, 0.717) is 12.5 Å².